The van der Waals surface area contributed by atoms with Gasteiger partial charge in [0.2, 0.25) is 5.91 Å². The van der Waals surface area contributed by atoms with E-state index < -0.39 is 24.0 Å². The largest absolute Gasteiger partial charge is 0.480 e. The first-order chi connectivity index (χ1) is 15.4. The highest BCUT2D eigenvalue weighted by molar-refractivity contribution is 5.91. The lowest BCUT2D eigenvalue weighted by atomic mass is 9.98. The second-order valence-electron chi connectivity index (χ2n) is 8.14. The average Bonchev–Trinajstić information content (AvgIpc) is 3.08. The molecule has 3 rings (SSSR count). The van der Waals surface area contributed by atoms with Crippen molar-refractivity contribution in [2.45, 2.75) is 32.2 Å². The fourth-order valence-corrected chi connectivity index (χ4v) is 3.87. The zero-order chi connectivity index (χ0) is 23.1. The van der Waals surface area contributed by atoms with Crippen molar-refractivity contribution >= 4 is 18.0 Å². The Kier molecular flexibility index (Phi) is 7.65. The number of ether oxygens (including phenoxy) is 1. The summed E-state index contributed by atoms with van der Waals surface area (Å²) < 4.78 is 5.42. The molecule has 3 N–H and O–H groups in total. The summed E-state index contributed by atoms with van der Waals surface area (Å²) in [7, 11) is 0. The van der Waals surface area contributed by atoms with E-state index in [1.807, 2.05) is 50.2 Å². The molecule has 2 amide bonds. The number of fused-ring (bicyclic) bond motifs is 3. The summed E-state index contributed by atoms with van der Waals surface area (Å²) in [5.41, 5.74) is 4.58. The molecular weight excluding hydrogens is 408 g/mol. The van der Waals surface area contributed by atoms with Gasteiger partial charge < -0.3 is 20.5 Å². The highest BCUT2D eigenvalue weighted by atomic mass is 16.5. The maximum Gasteiger partial charge on any atom is 0.407 e. The van der Waals surface area contributed by atoms with Crippen LogP contribution >= 0.6 is 0 Å². The molecule has 1 atom stereocenters. The van der Waals surface area contributed by atoms with E-state index in [9.17, 15) is 19.5 Å². The van der Waals surface area contributed by atoms with Gasteiger partial charge in [-0.1, -0.05) is 68.5 Å². The Hall–Kier alpha value is -3.61. The number of hydrogen-bond acceptors (Lipinski definition) is 4. The minimum absolute atomic E-state index is 0.0246. The molecule has 0 radical (unpaired) electrons. The minimum Gasteiger partial charge on any atom is -0.480 e. The maximum absolute atomic E-state index is 12.1. The molecule has 0 saturated carbocycles. The van der Waals surface area contributed by atoms with Crippen LogP contribution in [-0.2, 0) is 14.3 Å². The molecule has 0 saturated heterocycles. The Bertz CT molecular complexity index is 969. The monoisotopic (exact) mass is 436 g/mol. The van der Waals surface area contributed by atoms with Gasteiger partial charge in [-0.25, -0.2) is 9.59 Å². The molecule has 168 valence electrons. The maximum atomic E-state index is 12.1. The van der Waals surface area contributed by atoms with Crippen LogP contribution in [0, 0.1) is 5.92 Å². The lowest BCUT2D eigenvalue weighted by molar-refractivity contribution is -0.141. The van der Waals surface area contributed by atoms with Gasteiger partial charge >= 0.3 is 12.1 Å². The minimum atomic E-state index is -1.07. The van der Waals surface area contributed by atoms with Gasteiger partial charge in [-0.15, -0.1) is 0 Å². The fraction of sp³-hybridized carbons (Fsp3) is 0.320. The molecule has 0 aromatic heterocycles. The van der Waals surface area contributed by atoms with Crippen molar-refractivity contribution in [3.8, 4) is 11.1 Å². The molecule has 0 fully saturated rings. The van der Waals surface area contributed by atoms with Crippen LogP contribution in [0.25, 0.3) is 11.1 Å². The third-order valence-electron chi connectivity index (χ3n) is 5.30. The van der Waals surface area contributed by atoms with Gasteiger partial charge in [-0.3, -0.25) is 4.79 Å². The molecule has 0 bridgehead atoms. The van der Waals surface area contributed by atoms with Gasteiger partial charge in [0.05, 0.1) is 0 Å². The Balaban J connectivity index is 1.47. The second-order valence-corrected chi connectivity index (χ2v) is 8.14. The van der Waals surface area contributed by atoms with Gasteiger partial charge in [0.15, 0.2) is 0 Å². The topological polar surface area (TPSA) is 105 Å². The summed E-state index contributed by atoms with van der Waals surface area (Å²) >= 11 is 0. The van der Waals surface area contributed by atoms with Crippen molar-refractivity contribution in [2.24, 2.45) is 5.92 Å². The smallest absolute Gasteiger partial charge is 0.407 e. The van der Waals surface area contributed by atoms with E-state index in [4.69, 9.17) is 4.74 Å². The summed E-state index contributed by atoms with van der Waals surface area (Å²) in [6.45, 7) is 4.07. The molecule has 7 nitrogen and oxygen atoms in total. The van der Waals surface area contributed by atoms with E-state index >= 15 is 0 Å². The average molecular weight is 437 g/mol. The lowest BCUT2D eigenvalue weighted by Gasteiger charge is -2.15. The van der Waals surface area contributed by atoms with Crippen molar-refractivity contribution < 1.29 is 24.2 Å². The molecule has 2 aromatic rings. The van der Waals surface area contributed by atoms with Gasteiger partial charge in [0.25, 0.3) is 0 Å². The van der Waals surface area contributed by atoms with Gasteiger partial charge in [0.1, 0.15) is 12.6 Å². The van der Waals surface area contributed by atoms with Crippen molar-refractivity contribution in [1.82, 2.24) is 10.6 Å². The van der Waals surface area contributed by atoms with E-state index in [1.165, 1.54) is 12.2 Å². The van der Waals surface area contributed by atoms with E-state index in [1.54, 1.807) is 0 Å². The number of rotatable bonds is 9. The molecule has 1 aliphatic carbocycles. The molecule has 0 heterocycles. The molecular formula is C25H28N2O5. The zero-order valence-corrected chi connectivity index (χ0v) is 18.2. The number of benzene rings is 2. The Morgan fingerprint density at radius 2 is 1.62 bits per heavy atom. The van der Waals surface area contributed by atoms with E-state index in [2.05, 4.69) is 22.8 Å². The summed E-state index contributed by atoms with van der Waals surface area (Å²) in [6.07, 6.45) is 2.41. The summed E-state index contributed by atoms with van der Waals surface area (Å²) in [5, 5.41) is 14.2. The number of hydrogen-bond donors (Lipinski definition) is 3. The third-order valence-corrected chi connectivity index (χ3v) is 5.30. The first-order valence-corrected chi connectivity index (χ1v) is 10.7. The van der Waals surface area contributed by atoms with Crippen molar-refractivity contribution in [2.75, 3.05) is 13.2 Å². The molecule has 1 aliphatic rings. The Labute approximate surface area is 187 Å². The normalized spacial score (nSPS) is 13.5. The Morgan fingerprint density at radius 1 is 1.03 bits per heavy atom. The van der Waals surface area contributed by atoms with Crippen LogP contribution < -0.4 is 10.6 Å². The number of carbonyl (C=O) groups is 3. The first-order valence-electron chi connectivity index (χ1n) is 10.7. The third kappa shape index (κ3) is 5.75. The molecule has 0 aliphatic heterocycles. The quantitative estimate of drug-likeness (QED) is 0.520. The van der Waals surface area contributed by atoms with Crippen molar-refractivity contribution in [3.63, 3.8) is 0 Å². The highest BCUT2D eigenvalue weighted by Crippen LogP contribution is 2.44. The summed E-state index contributed by atoms with van der Waals surface area (Å²) in [5.74, 6) is -1.48. The van der Waals surface area contributed by atoms with E-state index in [0.29, 0.717) is 6.42 Å². The Morgan fingerprint density at radius 3 is 2.19 bits per heavy atom. The molecule has 2 aromatic carbocycles. The van der Waals surface area contributed by atoms with Crippen LogP contribution in [0.4, 0.5) is 4.79 Å². The van der Waals surface area contributed by atoms with Crippen LogP contribution in [-0.4, -0.2) is 42.3 Å². The van der Waals surface area contributed by atoms with E-state index in [-0.39, 0.29) is 25.0 Å². The molecule has 32 heavy (non-hydrogen) atoms. The second kappa shape index (κ2) is 10.6. The van der Waals surface area contributed by atoms with Crippen LogP contribution in [0.3, 0.4) is 0 Å². The molecule has 7 heteroatoms. The van der Waals surface area contributed by atoms with E-state index in [0.717, 1.165) is 22.3 Å². The van der Waals surface area contributed by atoms with Crippen molar-refractivity contribution in [1.29, 1.82) is 0 Å². The standard InChI is InChI=1S/C25H28N2O5/c1-16(2)14-22(24(29)30)27-23(28)12-7-13-26-25(31)32-15-21-19-10-5-3-8-17(19)18-9-4-6-11-20(18)21/h3-12,16,21-22H,13-15H2,1-2H3,(H,26,31)(H,27,28)(H,29,30)/b12-7+/t22-/m0/s1. The number of alkyl carbamates (subject to hydrolysis) is 1. The van der Waals surface area contributed by atoms with Crippen LogP contribution in [0.5, 0.6) is 0 Å². The summed E-state index contributed by atoms with van der Waals surface area (Å²) in [4.78, 5) is 35.2. The van der Waals surface area contributed by atoms with Gasteiger partial charge in [0, 0.05) is 18.5 Å². The first kappa shape index (κ1) is 23.1. The zero-order valence-electron chi connectivity index (χ0n) is 18.2. The van der Waals surface area contributed by atoms with Gasteiger partial charge in [-0.2, -0.15) is 0 Å². The van der Waals surface area contributed by atoms with Crippen LogP contribution in [0.2, 0.25) is 0 Å². The number of carboxylic acids is 1. The predicted molar refractivity (Wildman–Crippen MR) is 121 cm³/mol. The van der Waals surface area contributed by atoms with Gasteiger partial charge in [-0.05, 0) is 34.6 Å². The fourth-order valence-electron chi connectivity index (χ4n) is 3.87. The SMILES string of the molecule is CC(C)C[C@H](NC(=O)/C=C/CNC(=O)OCC1c2ccccc2-c2ccccc21)C(=O)O. The number of nitrogens with one attached hydrogen (secondary N) is 2. The molecule has 0 spiro atoms. The predicted octanol–water partition coefficient (Wildman–Crippen LogP) is 3.70. The lowest BCUT2D eigenvalue weighted by Crippen LogP contribution is -2.40. The van der Waals surface area contributed by atoms with Crippen molar-refractivity contribution in [3.05, 3.63) is 71.8 Å². The number of carbonyl (C=O) groups excluding carboxylic acids is 2. The van der Waals surface area contributed by atoms with Crippen LogP contribution in [0.1, 0.15) is 37.3 Å². The molecule has 0 unspecified atom stereocenters. The number of carboxylic acid groups (broad SMARTS) is 1. The number of amides is 2. The van der Waals surface area contributed by atoms with Crippen LogP contribution in [0.15, 0.2) is 60.7 Å². The summed E-state index contributed by atoms with van der Waals surface area (Å²) in [6, 6.07) is 15.2. The highest BCUT2D eigenvalue weighted by Gasteiger charge is 2.28. The number of aliphatic carboxylic acids is 1.